The van der Waals surface area contributed by atoms with Crippen LogP contribution < -0.4 is 33.2 Å². The van der Waals surface area contributed by atoms with Gasteiger partial charge in [-0.25, -0.2) is 16.1 Å². The Morgan fingerprint density at radius 2 is 1.78 bits per heavy atom. The SMILES string of the molecule is NCCCCNC(=O)NNc1nnc(NN)nn1. The first-order valence-electron chi connectivity index (χ1n) is 5.30. The molecule has 18 heavy (non-hydrogen) atoms. The molecule has 0 aromatic carbocycles. The molecule has 0 spiro atoms. The number of carbonyl (C=O) groups excluding carboxylic acids is 1. The molecule has 0 aliphatic rings. The maximum absolute atomic E-state index is 11.3. The van der Waals surface area contributed by atoms with E-state index >= 15 is 0 Å². The molecule has 8 N–H and O–H groups in total. The molecule has 11 heteroatoms. The maximum Gasteiger partial charge on any atom is 0.333 e. The Morgan fingerprint density at radius 3 is 2.39 bits per heavy atom. The summed E-state index contributed by atoms with van der Waals surface area (Å²) in [7, 11) is 0. The summed E-state index contributed by atoms with van der Waals surface area (Å²) in [6, 6.07) is -0.406. The van der Waals surface area contributed by atoms with Gasteiger partial charge in [0.05, 0.1) is 0 Å². The zero-order valence-electron chi connectivity index (χ0n) is 9.68. The van der Waals surface area contributed by atoms with Crippen molar-refractivity contribution in [3.63, 3.8) is 0 Å². The zero-order chi connectivity index (χ0) is 13.2. The molecule has 0 saturated heterocycles. The molecule has 0 aliphatic heterocycles. The molecule has 0 unspecified atom stereocenters. The molecule has 0 bridgehead atoms. The number of hydrogen-bond acceptors (Lipinski definition) is 9. The van der Waals surface area contributed by atoms with Crippen LogP contribution in [0.15, 0.2) is 0 Å². The summed E-state index contributed by atoms with van der Waals surface area (Å²) in [4.78, 5) is 11.3. The number of nitrogens with two attached hydrogens (primary N) is 2. The Morgan fingerprint density at radius 1 is 1.11 bits per heavy atom. The van der Waals surface area contributed by atoms with Gasteiger partial charge < -0.3 is 11.1 Å². The molecular formula is C7H16N10O. The van der Waals surface area contributed by atoms with Gasteiger partial charge in [0.1, 0.15) is 0 Å². The minimum absolute atomic E-state index is 0.0473. The van der Waals surface area contributed by atoms with Crippen LogP contribution in [0.2, 0.25) is 0 Å². The summed E-state index contributed by atoms with van der Waals surface area (Å²) in [6.07, 6.45) is 1.68. The fourth-order valence-corrected chi connectivity index (χ4v) is 0.965. The van der Waals surface area contributed by atoms with E-state index in [0.29, 0.717) is 13.1 Å². The molecule has 0 aliphatic carbocycles. The van der Waals surface area contributed by atoms with E-state index in [1.807, 2.05) is 0 Å². The molecule has 1 rings (SSSR count). The van der Waals surface area contributed by atoms with Gasteiger partial charge >= 0.3 is 6.03 Å². The van der Waals surface area contributed by atoms with Gasteiger partial charge in [0.15, 0.2) is 0 Å². The average molecular weight is 256 g/mol. The third-order valence-corrected chi connectivity index (χ3v) is 1.81. The fourth-order valence-electron chi connectivity index (χ4n) is 0.965. The number of anilines is 2. The summed E-state index contributed by atoms with van der Waals surface area (Å²) < 4.78 is 0. The maximum atomic E-state index is 11.3. The lowest BCUT2D eigenvalue weighted by Gasteiger charge is -2.07. The summed E-state index contributed by atoms with van der Waals surface area (Å²) in [5, 5.41) is 16.9. The third-order valence-electron chi connectivity index (χ3n) is 1.81. The van der Waals surface area contributed by atoms with Crippen molar-refractivity contribution in [1.82, 2.24) is 31.1 Å². The van der Waals surface area contributed by atoms with Crippen molar-refractivity contribution < 1.29 is 4.79 Å². The Labute approximate surface area is 103 Å². The number of nitrogen functional groups attached to an aromatic ring is 1. The molecule has 0 radical (unpaired) electrons. The van der Waals surface area contributed by atoms with Gasteiger partial charge in [0.25, 0.3) is 11.9 Å². The minimum Gasteiger partial charge on any atom is -0.337 e. The molecule has 11 nitrogen and oxygen atoms in total. The van der Waals surface area contributed by atoms with Crippen molar-refractivity contribution in [2.24, 2.45) is 11.6 Å². The predicted octanol–water partition coefficient (Wildman–Crippen LogP) is -2.08. The lowest BCUT2D eigenvalue weighted by atomic mass is 10.3. The Bertz CT molecular complexity index is 354. The number of hydrazine groups is 2. The highest BCUT2D eigenvalue weighted by molar-refractivity contribution is 5.74. The van der Waals surface area contributed by atoms with Crippen LogP contribution >= 0.6 is 0 Å². The third kappa shape index (κ3) is 5.18. The molecular weight excluding hydrogens is 240 g/mol. The van der Waals surface area contributed by atoms with Crippen LogP contribution in [0.5, 0.6) is 0 Å². The Hall–Kier alpha value is -2.27. The van der Waals surface area contributed by atoms with Gasteiger partial charge in [-0.15, -0.1) is 20.4 Å². The summed E-state index contributed by atoms with van der Waals surface area (Å²) in [5.41, 5.74) is 12.3. The number of aromatic nitrogens is 4. The standard InChI is InChI=1S/C7H16N10O/c8-3-1-2-4-10-7(18)17-16-6-14-12-5(11-9)13-15-6/h1-4,8-9H2,(H2,10,17,18)(H,11,12,13)(H,14,15,16). The number of nitrogens with one attached hydrogen (secondary N) is 4. The number of unbranched alkanes of at least 4 members (excludes halogenated alkanes) is 1. The highest BCUT2D eigenvalue weighted by Gasteiger charge is 2.02. The molecule has 100 valence electrons. The summed E-state index contributed by atoms with van der Waals surface area (Å²) in [6.45, 7) is 1.15. The van der Waals surface area contributed by atoms with Crippen molar-refractivity contribution in [2.45, 2.75) is 12.8 Å². The number of nitrogens with zero attached hydrogens (tertiary/aromatic N) is 4. The van der Waals surface area contributed by atoms with Crippen molar-refractivity contribution >= 4 is 17.9 Å². The van der Waals surface area contributed by atoms with E-state index in [2.05, 4.69) is 42.0 Å². The van der Waals surface area contributed by atoms with Gasteiger partial charge in [-0.05, 0) is 19.4 Å². The fraction of sp³-hybridized carbons (Fsp3) is 0.571. The van der Waals surface area contributed by atoms with E-state index in [1.165, 1.54) is 0 Å². The quantitative estimate of drug-likeness (QED) is 0.182. The number of amides is 2. The van der Waals surface area contributed by atoms with E-state index in [-0.39, 0.29) is 11.9 Å². The number of urea groups is 1. The first kappa shape index (κ1) is 13.8. The van der Waals surface area contributed by atoms with Crippen LogP contribution in [0.25, 0.3) is 0 Å². The highest BCUT2D eigenvalue weighted by Crippen LogP contribution is 1.92. The van der Waals surface area contributed by atoms with Crippen LogP contribution in [0.3, 0.4) is 0 Å². The Kier molecular flexibility index (Phi) is 6.07. The molecule has 1 aromatic rings. The lowest BCUT2D eigenvalue weighted by molar-refractivity contribution is 0.242. The average Bonchev–Trinajstić information content (AvgIpc) is 2.42. The van der Waals surface area contributed by atoms with Crippen molar-refractivity contribution in [3.8, 4) is 0 Å². The van der Waals surface area contributed by atoms with E-state index in [4.69, 9.17) is 11.6 Å². The second kappa shape index (κ2) is 7.92. The van der Waals surface area contributed by atoms with Crippen LogP contribution in [0.1, 0.15) is 12.8 Å². The lowest BCUT2D eigenvalue weighted by Crippen LogP contribution is -2.40. The van der Waals surface area contributed by atoms with E-state index in [9.17, 15) is 4.79 Å². The van der Waals surface area contributed by atoms with Gasteiger partial charge in [0.2, 0.25) is 0 Å². The summed E-state index contributed by atoms with van der Waals surface area (Å²) in [5.74, 6) is 5.16. The van der Waals surface area contributed by atoms with Crippen LogP contribution in [-0.4, -0.2) is 39.5 Å². The molecule has 2 amide bonds. The highest BCUT2D eigenvalue weighted by atomic mass is 16.2. The normalized spacial score (nSPS) is 9.67. The van der Waals surface area contributed by atoms with Gasteiger partial charge in [-0.3, -0.25) is 10.9 Å². The first-order chi connectivity index (χ1) is 8.76. The molecule has 1 heterocycles. The van der Waals surface area contributed by atoms with E-state index < -0.39 is 6.03 Å². The van der Waals surface area contributed by atoms with Crippen molar-refractivity contribution in [3.05, 3.63) is 0 Å². The van der Waals surface area contributed by atoms with E-state index in [0.717, 1.165) is 12.8 Å². The largest absolute Gasteiger partial charge is 0.337 e. The topological polar surface area (TPSA) is 169 Å². The number of hydrogen-bond donors (Lipinski definition) is 6. The zero-order valence-corrected chi connectivity index (χ0v) is 9.68. The van der Waals surface area contributed by atoms with Crippen molar-refractivity contribution in [2.75, 3.05) is 23.9 Å². The molecule has 1 aromatic heterocycles. The van der Waals surface area contributed by atoms with Gasteiger partial charge in [0, 0.05) is 6.54 Å². The van der Waals surface area contributed by atoms with Crippen LogP contribution in [-0.2, 0) is 0 Å². The molecule has 0 saturated carbocycles. The van der Waals surface area contributed by atoms with Crippen molar-refractivity contribution in [1.29, 1.82) is 0 Å². The van der Waals surface area contributed by atoms with Crippen LogP contribution in [0, 0.1) is 0 Å². The second-order valence-corrected chi connectivity index (χ2v) is 3.19. The first-order valence-corrected chi connectivity index (χ1v) is 5.30. The number of rotatable bonds is 7. The smallest absolute Gasteiger partial charge is 0.333 e. The molecule has 0 atom stereocenters. The second-order valence-electron chi connectivity index (χ2n) is 3.19. The summed E-state index contributed by atoms with van der Waals surface area (Å²) >= 11 is 0. The van der Waals surface area contributed by atoms with Gasteiger partial charge in [-0.2, -0.15) is 0 Å². The Balaban J connectivity index is 2.20. The van der Waals surface area contributed by atoms with Crippen LogP contribution in [0.4, 0.5) is 16.7 Å². The van der Waals surface area contributed by atoms with E-state index in [1.54, 1.807) is 0 Å². The number of carbonyl (C=O) groups is 1. The minimum atomic E-state index is -0.406. The molecule has 0 fully saturated rings. The van der Waals surface area contributed by atoms with Gasteiger partial charge in [-0.1, -0.05) is 0 Å². The monoisotopic (exact) mass is 256 g/mol. The predicted molar refractivity (Wildman–Crippen MR) is 63.9 cm³/mol.